The molecule has 0 amide bonds. The van der Waals surface area contributed by atoms with Crippen LogP contribution in [0, 0.1) is 11.3 Å². The van der Waals surface area contributed by atoms with Crippen LogP contribution in [0.15, 0.2) is 0 Å². The molecule has 0 bridgehead atoms. The number of Topliss-reactive ketones (excluding diaryl/α,β-unsaturated/α-hetero) is 1. The van der Waals surface area contributed by atoms with Crippen LogP contribution in [0.3, 0.4) is 0 Å². The molecule has 0 spiro atoms. The highest BCUT2D eigenvalue weighted by atomic mass is 16.1. The van der Waals surface area contributed by atoms with E-state index in [2.05, 4.69) is 20.8 Å². The number of hydrogen-bond donors (Lipinski definition) is 0. The molecule has 0 aromatic heterocycles. The van der Waals surface area contributed by atoms with Gasteiger partial charge in [-0.3, -0.25) is 4.79 Å². The average Bonchev–Trinajstić information content (AvgIpc) is 2.05. The van der Waals surface area contributed by atoms with Gasteiger partial charge in [0.1, 0.15) is 12.6 Å². The maximum absolute atomic E-state index is 11.3. The fourth-order valence-electron chi connectivity index (χ4n) is 1.53. The predicted octanol–water partition coefficient (Wildman–Crippen LogP) is 2.22. The maximum Gasteiger partial charge on any atom is 0.138 e. The van der Waals surface area contributed by atoms with Crippen LogP contribution in [0.25, 0.3) is 0 Å². The van der Waals surface area contributed by atoms with E-state index < -0.39 is 0 Å². The van der Waals surface area contributed by atoms with Crippen molar-refractivity contribution in [3.63, 3.8) is 0 Å². The summed E-state index contributed by atoms with van der Waals surface area (Å²) in [6, 6.07) is 0. The monoisotopic (exact) mass is 170 g/mol. The Kier molecular flexibility index (Phi) is 4.15. The van der Waals surface area contributed by atoms with E-state index in [1.165, 1.54) is 6.42 Å². The molecule has 12 heavy (non-hydrogen) atoms. The summed E-state index contributed by atoms with van der Waals surface area (Å²) in [5, 5.41) is 0. The van der Waals surface area contributed by atoms with Crippen molar-refractivity contribution in [2.45, 2.75) is 40.0 Å². The summed E-state index contributed by atoms with van der Waals surface area (Å²) < 4.78 is 0. The van der Waals surface area contributed by atoms with Crippen molar-refractivity contribution in [3.8, 4) is 0 Å². The molecule has 0 aliphatic heterocycles. The highest BCUT2D eigenvalue weighted by molar-refractivity contribution is 5.84. The lowest BCUT2D eigenvalue weighted by Crippen LogP contribution is -2.34. The zero-order valence-corrected chi connectivity index (χ0v) is 8.22. The van der Waals surface area contributed by atoms with Crippen LogP contribution in [0.1, 0.15) is 40.0 Å². The second kappa shape index (κ2) is 4.39. The van der Waals surface area contributed by atoms with Gasteiger partial charge in [0.15, 0.2) is 0 Å². The Balaban J connectivity index is 0.000000561. The molecule has 70 valence electrons. The minimum Gasteiger partial charge on any atom is -0.307 e. The molecule has 2 heteroatoms. The molecule has 1 rings (SSSR count). The highest BCUT2D eigenvalue weighted by Crippen LogP contribution is 2.37. The zero-order chi connectivity index (χ0) is 9.78. The quantitative estimate of drug-likeness (QED) is 0.558. The van der Waals surface area contributed by atoms with Crippen molar-refractivity contribution < 1.29 is 9.59 Å². The third-order valence-electron chi connectivity index (χ3n) is 2.99. The summed E-state index contributed by atoms with van der Waals surface area (Å²) in [5.74, 6) is 1.03. The van der Waals surface area contributed by atoms with Crippen LogP contribution in [-0.4, -0.2) is 12.6 Å². The van der Waals surface area contributed by atoms with Crippen molar-refractivity contribution in [2.24, 2.45) is 11.3 Å². The summed E-state index contributed by atoms with van der Waals surface area (Å²) in [7, 11) is 0. The van der Waals surface area contributed by atoms with E-state index in [4.69, 9.17) is 4.79 Å². The Morgan fingerprint density at radius 1 is 1.42 bits per heavy atom. The highest BCUT2D eigenvalue weighted by Gasteiger charge is 2.35. The van der Waals surface area contributed by atoms with Gasteiger partial charge in [-0.05, 0) is 18.8 Å². The van der Waals surface area contributed by atoms with Gasteiger partial charge in [0, 0.05) is 11.8 Å². The Labute approximate surface area is 74.3 Å². The van der Waals surface area contributed by atoms with Crippen molar-refractivity contribution in [1.29, 1.82) is 0 Å². The summed E-state index contributed by atoms with van der Waals surface area (Å²) in [5.41, 5.74) is -0.0434. The fraction of sp³-hybridized carbons (Fsp3) is 0.800. The van der Waals surface area contributed by atoms with Crippen LogP contribution in [-0.2, 0) is 9.59 Å². The van der Waals surface area contributed by atoms with E-state index in [0.29, 0.717) is 11.7 Å². The molecule has 1 saturated carbocycles. The normalized spacial score (nSPS) is 27.2. The van der Waals surface area contributed by atoms with E-state index in [1.54, 1.807) is 0 Å². The topological polar surface area (TPSA) is 34.1 Å². The molecule has 0 heterocycles. The van der Waals surface area contributed by atoms with E-state index in [1.807, 2.05) is 6.79 Å². The van der Waals surface area contributed by atoms with Crippen molar-refractivity contribution in [1.82, 2.24) is 0 Å². The average molecular weight is 170 g/mol. The number of ketones is 1. The molecular weight excluding hydrogens is 152 g/mol. The third kappa shape index (κ3) is 2.16. The molecule has 1 fully saturated rings. The molecule has 0 aromatic carbocycles. The van der Waals surface area contributed by atoms with Gasteiger partial charge in [-0.15, -0.1) is 0 Å². The number of carbonyl (C=O) groups is 2. The van der Waals surface area contributed by atoms with Crippen molar-refractivity contribution in [3.05, 3.63) is 0 Å². The van der Waals surface area contributed by atoms with Crippen molar-refractivity contribution >= 4 is 12.6 Å². The van der Waals surface area contributed by atoms with Crippen LogP contribution in [0.2, 0.25) is 0 Å². The van der Waals surface area contributed by atoms with E-state index in [9.17, 15) is 4.79 Å². The van der Waals surface area contributed by atoms with E-state index in [0.717, 1.165) is 12.8 Å². The van der Waals surface area contributed by atoms with Gasteiger partial charge < -0.3 is 4.79 Å². The first-order valence-corrected chi connectivity index (χ1v) is 4.37. The van der Waals surface area contributed by atoms with E-state index >= 15 is 0 Å². The molecule has 1 aliphatic rings. The van der Waals surface area contributed by atoms with Crippen LogP contribution in [0.4, 0.5) is 0 Å². The van der Waals surface area contributed by atoms with Gasteiger partial charge in [0.25, 0.3) is 0 Å². The molecule has 1 atom stereocenters. The summed E-state index contributed by atoms with van der Waals surface area (Å²) in [6.45, 7) is 8.31. The van der Waals surface area contributed by atoms with Gasteiger partial charge in [-0.1, -0.05) is 20.8 Å². The Bertz CT molecular complexity index is 161. The maximum atomic E-state index is 11.3. The minimum atomic E-state index is -0.0434. The number of carbonyl (C=O) groups excluding carboxylic acids is 2. The smallest absolute Gasteiger partial charge is 0.138 e. The first kappa shape index (κ1) is 11.3. The molecule has 0 radical (unpaired) electrons. The summed E-state index contributed by atoms with van der Waals surface area (Å²) in [6.07, 6.45) is 3.12. The van der Waals surface area contributed by atoms with Gasteiger partial charge in [0.05, 0.1) is 0 Å². The summed E-state index contributed by atoms with van der Waals surface area (Å²) >= 11 is 0. The van der Waals surface area contributed by atoms with Gasteiger partial charge in [-0.2, -0.15) is 0 Å². The lowest BCUT2D eigenvalue weighted by molar-refractivity contribution is -0.132. The minimum absolute atomic E-state index is 0.0434. The number of rotatable bonds is 0. The SMILES string of the molecule is C=O.CC1CCCC(=O)C1(C)C. The molecule has 1 aliphatic carbocycles. The van der Waals surface area contributed by atoms with Crippen LogP contribution in [0.5, 0.6) is 0 Å². The van der Waals surface area contributed by atoms with Gasteiger partial charge >= 0.3 is 0 Å². The molecular formula is C10H18O2. The van der Waals surface area contributed by atoms with E-state index in [-0.39, 0.29) is 5.41 Å². The second-order valence-corrected chi connectivity index (χ2v) is 3.94. The zero-order valence-electron chi connectivity index (χ0n) is 8.22. The number of hydrogen-bond acceptors (Lipinski definition) is 2. The van der Waals surface area contributed by atoms with Gasteiger partial charge in [-0.25, -0.2) is 0 Å². The lowest BCUT2D eigenvalue weighted by atomic mass is 9.69. The molecule has 0 saturated heterocycles. The Morgan fingerprint density at radius 3 is 2.25 bits per heavy atom. The lowest BCUT2D eigenvalue weighted by Gasteiger charge is -2.34. The standard InChI is InChI=1S/C9H16O.CH2O/c1-7-5-4-6-8(10)9(7,2)3;1-2/h7H,4-6H2,1-3H3;1H2. The summed E-state index contributed by atoms with van der Waals surface area (Å²) in [4.78, 5) is 19.3. The van der Waals surface area contributed by atoms with Gasteiger partial charge in [0.2, 0.25) is 0 Å². The van der Waals surface area contributed by atoms with Crippen LogP contribution >= 0.6 is 0 Å². The first-order valence-electron chi connectivity index (χ1n) is 4.37. The molecule has 2 nitrogen and oxygen atoms in total. The largest absolute Gasteiger partial charge is 0.307 e. The Morgan fingerprint density at radius 2 is 1.92 bits per heavy atom. The third-order valence-corrected chi connectivity index (χ3v) is 2.99. The molecule has 0 N–H and O–H groups in total. The predicted molar refractivity (Wildman–Crippen MR) is 48.9 cm³/mol. The molecule has 0 aromatic rings. The Hall–Kier alpha value is -0.660. The van der Waals surface area contributed by atoms with Crippen molar-refractivity contribution in [2.75, 3.05) is 0 Å². The second-order valence-electron chi connectivity index (χ2n) is 3.94. The van der Waals surface area contributed by atoms with Crippen LogP contribution < -0.4 is 0 Å². The fourth-order valence-corrected chi connectivity index (χ4v) is 1.53. The first-order chi connectivity index (χ1) is 5.55. The molecule has 1 unspecified atom stereocenters.